The molecule has 0 spiro atoms. The minimum absolute atomic E-state index is 0. The maximum atomic E-state index is 3.54. The third-order valence-electron chi connectivity index (χ3n) is 0.695. The van der Waals surface area contributed by atoms with Crippen LogP contribution in [-0.2, 0) is 0 Å². The van der Waals surface area contributed by atoms with Gasteiger partial charge >= 0.3 is 85.2 Å². The van der Waals surface area contributed by atoms with E-state index in [9.17, 15) is 0 Å². The first-order valence-corrected chi connectivity index (χ1v) is 8.11. The monoisotopic (exact) mass is 532 g/mol. The first kappa shape index (κ1) is 19.3. The van der Waals surface area contributed by atoms with Gasteiger partial charge < -0.3 is 0 Å². The quantitative estimate of drug-likeness (QED) is 0.375. The van der Waals surface area contributed by atoms with E-state index >= 15 is 0 Å². The Bertz CT molecular complexity index is 59.6. The molecule has 0 saturated heterocycles. The van der Waals surface area contributed by atoms with Gasteiger partial charge in [-0.2, -0.15) is 0 Å². The fraction of sp³-hybridized carbons (Fsp3) is 1.00. The average Bonchev–Trinajstić information content (AvgIpc) is 1.63. The third kappa shape index (κ3) is 19.2. The SMILES string of the molecule is Br.Br.CC(Br)C[Te]CC(C)Br. The van der Waals surface area contributed by atoms with Gasteiger partial charge in [0.25, 0.3) is 0 Å². The van der Waals surface area contributed by atoms with Crippen molar-refractivity contribution in [1.82, 2.24) is 0 Å². The molecule has 0 aliphatic rings. The molecular weight excluding hydrogens is 519 g/mol. The predicted octanol–water partition coefficient (Wildman–Crippen LogP) is 4.25. The summed E-state index contributed by atoms with van der Waals surface area (Å²) in [5.41, 5.74) is 0. The summed E-state index contributed by atoms with van der Waals surface area (Å²) >= 11 is 7.38. The normalized spacial score (nSPS) is 14.2. The van der Waals surface area contributed by atoms with Gasteiger partial charge in [0, 0.05) is 0 Å². The summed E-state index contributed by atoms with van der Waals surface area (Å²) in [6.07, 6.45) is 0. The molecule has 11 heavy (non-hydrogen) atoms. The molecule has 0 N–H and O–H groups in total. The standard InChI is InChI=1S/C6H12Br2Te.2BrH/c1-5(7)3-9-4-6(2)8;;/h5-6H,3-4H2,1-2H3;2*1H. The van der Waals surface area contributed by atoms with Gasteiger partial charge in [-0.05, 0) is 0 Å². The molecule has 5 heteroatoms. The third-order valence-corrected chi connectivity index (χ3v) is 8.21. The number of alkyl halides is 2. The molecule has 72 valence electrons. The van der Waals surface area contributed by atoms with E-state index in [2.05, 4.69) is 45.7 Å². The van der Waals surface area contributed by atoms with Crippen molar-refractivity contribution in [3.8, 4) is 0 Å². The average molecular weight is 533 g/mol. The summed E-state index contributed by atoms with van der Waals surface area (Å²) in [5.74, 6) is 0. The first-order chi connectivity index (χ1) is 4.13. The van der Waals surface area contributed by atoms with Gasteiger partial charge in [-0.3, -0.25) is 0 Å². The van der Waals surface area contributed by atoms with E-state index in [-0.39, 0.29) is 34.0 Å². The Morgan fingerprint density at radius 1 is 1.00 bits per heavy atom. The Morgan fingerprint density at radius 3 is 1.45 bits per heavy atom. The summed E-state index contributed by atoms with van der Waals surface area (Å²) in [6, 6.07) is 0. The topological polar surface area (TPSA) is 0 Å². The van der Waals surface area contributed by atoms with E-state index < -0.39 is 0 Å². The number of hydrogen-bond acceptors (Lipinski definition) is 0. The second kappa shape index (κ2) is 12.7. The molecule has 0 aliphatic carbocycles. The van der Waals surface area contributed by atoms with Crippen molar-refractivity contribution >= 4 is 86.7 Å². The summed E-state index contributed by atoms with van der Waals surface area (Å²) in [5, 5.41) is 0. The van der Waals surface area contributed by atoms with Crippen molar-refractivity contribution in [3.63, 3.8) is 0 Å². The maximum absolute atomic E-state index is 3.54. The second-order valence-electron chi connectivity index (χ2n) is 2.10. The van der Waals surface area contributed by atoms with Crippen molar-refractivity contribution in [2.75, 3.05) is 0 Å². The molecule has 0 bridgehead atoms. The fourth-order valence-corrected chi connectivity index (χ4v) is 5.14. The van der Waals surface area contributed by atoms with E-state index in [0.717, 1.165) is 9.65 Å². The van der Waals surface area contributed by atoms with Crippen molar-refractivity contribution < 1.29 is 0 Å². The zero-order valence-corrected chi connectivity index (χ0v) is 15.5. The van der Waals surface area contributed by atoms with Crippen LogP contribution in [0, 0.1) is 0 Å². The van der Waals surface area contributed by atoms with Crippen LogP contribution in [0.15, 0.2) is 0 Å². The molecule has 0 fully saturated rings. The molecule has 0 amide bonds. The van der Waals surface area contributed by atoms with E-state index in [0.29, 0.717) is 20.9 Å². The molecule has 0 aromatic carbocycles. The summed E-state index contributed by atoms with van der Waals surface area (Å²) < 4.78 is 2.84. The van der Waals surface area contributed by atoms with E-state index in [1.165, 1.54) is 8.94 Å². The van der Waals surface area contributed by atoms with E-state index in [4.69, 9.17) is 0 Å². The van der Waals surface area contributed by atoms with Crippen LogP contribution in [0.3, 0.4) is 0 Å². The molecule has 0 heterocycles. The molecule has 0 nitrogen and oxygen atoms in total. The Kier molecular flexibility index (Phi) is 22.3. The van der Waals surface area contributed by atoms with Crippen molar-refractivity contribution in [2.45, 2.75) is 32.4 Å². The van der Waals surface area contributed by atoms with Crippen molar-refractivity contribution in [3.05, 3.63) is 0 Å². The number of halogens is 4. The van der Waals surface area contributed by atoms with Gasteiger partial charge in [0.2, 0.25) is 0 Å². The zero-order valence-electron chi connectivity index (χ0n) is 6.55. The summed E-state index contributed by atoms with van der Waals surface area (Å²) in [4.78, 5) is 1.48. The van der Waals surface area contributed by atoms with E-state index in [1.54, 1.807) is 0 Å². The fourth-order valence-electron chi connectivity index (χ4n) is 0.393. The summed E-state index contributed by atoms with van der Waals surface area (Å²) in [7, 11) is 0. The van der Waals surface area contributed by atoms with Crippen LogP contribution in [-0.4, -0.2) is 30.6 Å². The predicted molar refractivity (Wildman–Crippen MR) is 72.8 cm³/mol. The molecule has 0 radical (unpaired) electrons. The molecular formula is C6H14Br4Te. The Balaban J connectivity index is -0.000000320. The van der Waals surface area contributed by atoms with Crippen LogP contribution in [0.2, 0.25) is 8.94 Å². The Labute approximate surface area is 118 Å². The second-order valence-corrected chi connectivity index (χ2v) is 8.29. The van der Waals surface area contributed by atoms with Gasteiger partial charge in [0.15, 0.2) is 0 Å². The van der Waals surface area contributed by atoms with Crippen molar-refractivity contribution in [1.29, 1.82) is 0 Å². The molecule has 0 aromatic rings. The molecule has 0 rings (SSSR count). The number of hydrogen-bond donors (Lipinski definition) is 0. The van der Waals surface area contributed by atoms with Crippen LogP contribution >= 0.6 is 65.8 Å². The van der Waals surface area contributed by atoms with Gasteiger partial charge in [-0.15, -0.1) is 34.0 Å². The van der Waals surface area contributed by atoms with E-state index in [1.807, 2.05) is 0 Å². The first-order valence-electron chi connectivity index (χ1n) is 2.98. The molecule has 0 aromatic heterocycles. The Morgan fingerprint density at radius 2 is 1.27 bits per heavy atom. The van der Waals surface area contributed by atoms with Crippen LogP contribution in [0.5, 0.6) is 0 Å². The van der Waals surface area contributed by atoms with Gasteiger partial charge in [-0.25, -0.2) is 0 Å². The van der Waals surface area contributed by atoms with Gasteiger partial charge in [0.1, 0.15) is 0 Å². The van der Waals surface area contributed by atoms with Crippen LogP contribution in [0.1, 0.15) is 13.8 Å². The molecule has 0 saturated carbocycles. The Hall–Kier alpha value is 2.71. The van der Waals surface area contributed by atoms with Crippen LogP contribution in [0.4, 0.5) is 0 Å². The van der Waals surface area contributed by atoms with Gasteiger partial charge in [-0.1, -0.05) is 0 Å². The van der Waals surface area contributed by atoms with Crippen LogP contribution in [0.25, 0.3) is 0 Å². The zero-order chi connectivity index (χ0) is 7.28. The molecule has 2 atom stereocenters. The van der Waals surface area contributed by atoms with Crippen LogP contribution < -0.4 is 0 Å². The minimum atomic E-state index is 0. The summed E-state index contributed by atoms with van der Waals surface area (Å²) in [6.45, 7) is 4.45. The molecule has 2 unspecified atom stereocenters. The van der Waals surface area contributed by atoms with Crippen molar-refractivity contribution in [2.24, 2.45) is 0 Å². The number of rotatable bonds is 4. The molecule has 0 aliphatic heterocycles. The van der Waals surface area contributed by atoms with Gasteiger partial charge in [0.05, 0.1) is 0 Å².